The molecule has 128 valence electrons. The van der Waals surface area contributed by atoms with E-state index in [9.17, 15) is 4.79 Å². The van der Waals surface area contributed by atoms with Gasteiger partial charge in [0.15, 0.2) is 0 Å². The minimum atomic E-state index is 0.457. The minimum absolute atomic E-state index is 0.457. The van der Waals surface area contributed by atoms with E-state index in [0.29, 0.717) is 11.3 Å². The summed E-state index contributed by atoms with van der Waals surface area (Å²) in [5, 5.41) is 0. The van der Waals surface area contributed by atoms with Gasteiger partial charge in [0.1, 0.15) is 0 Å². The summed E-state index contributed by atoms with van der Waals surface area (Å²) in [6, 6.07) is 0. The Hall–Kier alpha value is -0.530. The maximum absolute atomic E-state index is 12.8. The zero-order valence-electron chi connectivity index (χ0n) is 14.8. The molecule has 6 saturated carbocycles. The largest absolute Gasteiger partial charge is 0.345 e. The quantitative estimate of drug-likeness (QED) is 0.748. The predicted octanol–water partition coefficient (Wildman–Crippen LogP) is 4.49. The molecule has 2 nitrogen and oxygen atoms in total. The molecule has 0 spiro atoms. The van der Waals surface area contributed by atoms with E-state index in [-0.39, 0.29) is 0 Å². The molecule has 6 bridgehead atoms. The van der Waals surface area contributed by atoms with E-state index in [1.165, 1.54) is 64.2 Å². The number of carbonyl (C=O) groups excluding carboxylic acids is 1. The van der Waals surface area contributed by atoms with Crippen molar-refractivity contribution in [3.63, 3.8) is 0 Å². The molecule has 0 heterocycles. The number of hydrogen-bond acceptors (Lipinski definition) is 1. The van der Waals surface area contributed by atoms with Crippen LogP contribution in [0.5, 0.6) is 0 Å². The Labute approximate surface area is 141 Å². The molecule has 0 aromatic heterocycles. The fourth-order valence-corrected chi connectivity index (χ4v) is 8.08. The van der Waals surface area contributed by atoms with E-state index in [1.54, 1.807) is 0 Å². The Morgan fingerprint density at radius 3 is 2.09 bits per heavy atom. The zero-order valence-corrected chi connectivity index (χ0v) is 14.8. The monoisotopic (exact) mass is 315 g/mol. The number of amides is 1. The molecule has 0 radical (unpaired) electrons. The van der Waals surface area contributed by atoms with Crippen molar-refractivity contribution >= 4 is 5.91 Å². The summed E-state index contributed by atoms with van der Waals surface area (Å²) in [6.07, 6.45) is 15.2. The van der Waals surface area contributed by atoms with Crippen LogP contribution in [0.3, 0.4) is 0 Å². The van der Waals surface area contributed by atoms with Gasteiger partial charge in [0, 0.05) is 20.0 Å². The molecule has 0 aromatic carbocycles. The third-order valence-electron chi connectivity index (χ3n) is 8.48. The highest BCUT2D eigenvalue weighted by molar-refractivity contribution is 5.76. The molecular formula is C21H33NO. The first kappa shape index (κ1) is 14.8. The topological polar surface area (TPSA) is 20.3 Å². The fourth-order valence-electron chi connectivity index (χ4n) is 8.08. The molecule has 6 fully saturated rings. The highest BCUT2D eigenvalue weighted by Crippen LogP contribution is 2.60. The van der Waals surface area contributed by atoms with Gasteiger partial charge in [0.05, 0.1) is 0 Å². The lowest BCUT2D eigenvalue weighted by Gasteiger charge is -2.57. The lowest BCUT2D eigenvalue weighted by Crippen LogP contribution is -2.51. The SMILES string of the molecule is CN(CC12CC3CC(CC(C3)C1)C2)C(=O)C[C@@H]1C[C@@H]2CC[C@@H]1C2. The van der Waals surface area contributed by atoms with E-state index in [4.69, 9.17) is 0 Å². The normalized spacial score (nSPS) is 49.8. The average molecular weight is 316 g/mol. The Kier molecular flexibility index (Phi) is 3.36. The van der Waals surface area contributed by atoms with Crippen LogP contribution in [0.1, 0.15) is 70.6 Å². The number of nitrogens with zero attached hydrogens (tertiary/aromatic N) is 1. The molecule has 1 amide bonds. The first-order chi connectivity index (χ1) is 11.1. The summed E-state index contributed by atoms with van der Waals surface area (Å²) in [4.78, 5) is 15.0. The van der Waals surface area contributed by atoms with E-state index in [0.717, 1.165) is 48.5 Å². The van der Waals surface area contributed by atoms with Gasteiger partial charge in [-0.25, -0.2) is 0 Å². The van der Waals surface area contributed by atoms with Crippen molar-refractivity contribution in [1.29, 1.82) is 0 Å². The average Bonchev–Trinajstić information content (AvgIpc) is 3.07. The van der Waals surface area contributed by atoms with Gasteiger partial charge in [-0.2, -0.15) is 0 Å². The second-order valence-corrected chi connectivity index (χ2v) is 10.3. The fraction of sp³-hybridized carbons (Fsp3) is 0.952. The molecule has 0 aliphatic heterocycles. The molecular weight excluding hydrogens is 282 g/mol. The van der Waals surface area contributed by atoms with Crippen molar-refractivity contribution in [1.82, 2.24) is 4.90 Å². The van der Waals surface area contributed by atoms with Crippen molar-refractivity contribution in [2.45, 2.75) is 70.6 Å². The van der Waals surface area contributed by atoms with Crippen LogP contribution < -0.4 is 0 Å². The zero-order chi connectivity index (χ0) is 15.6. The van der Waals surface area contributed by atoms with Gasteiger partial charge >= 0.3 is 0 Å². The Balaban J connectivity index is 1.21. The lowest BCUT2D eigenvalue weighted by molar-refractivity contribution is -0.136. The number of carbonyl (C=O) groups is 1. The molecule has 6 aliphatic carbocycles. The number of rotatable bonds is 4. The molecule has 0 saturated heterocycles. The maximum Gasteiger partial charge on any atom is 0.222 e. The molecule has 0 unspecified atom stereocenters. The smallest absolute Gasteiger partial charge is 0.222 e. The summed E-state index contributed by atoms with van der Waals surface area (Å²) in [7, 11) is 2.11. The van der Waals surface area contributed by atoms with Crippen LogP contribution in [0.4, 0.5) is 0 Å². The second-order valence-electron chi connectivity index (χ2n) is 10.3. The van der Waals surface area contributed by atoms with Gasteiger partial charge in [-0.3, -0.25) is 4.79 Å². The standard InChI is InChI=1S/C21H33NO/c1-22(20(23)9-19-8-14-2-3-18(19)7-14)13-21-10-15-4-16(11-21)6-17(5-15)12-21/h14-19H,2-13H2,1H3/t14-,15?,16?,17?,18-,19+,21?/m1/s1. The van der Waals surface area contributed by atoms with Crippen molar-refractivity contribution in [3.8, 4) is 0 Å². The van der Waals surface area contributed by atoms with Crippen molar-refractivity contribution in [3.05, 3.63) is 0 Å². The predicted molar refractivity (Wildman–Crippen MR) is 91.8 cm³/mol. The lowest BCUT2D eigenvalue weighted by atomic mass is 9.49. The summed E-state index contributed by atoms with van der Waals surface area (Å²) in [5.74, 6) is 6.02. The Morgan fingerprint density at radius 2 is 1.57 bits per heavy atom. The molecule has 2 heteroatoms. The van der Waals surface area contributed by atoms with E-state index in [1.807, 2.05) is 0 Å². The first-order valence-electron chi connectivity index (χ1n) is 10.3. The van der Waals surface area contributed by atoms with Gasteiger partial charge in [-0.15, -0.1) is 0 Å². The third kappa shape index (κ3) is 2.55. The van der Waals surface area contributed by atoms with Crippen LogP contribution >= 0.6 is 0 Å². The van der Waals surface area contributed by atoms with Gasteiger partial charge in [0.2, 0.25) is 5.91 Å². The molecule has 3 atom stereocenters. The molecule has 0 N–H and O–H groups in total. The van der Waals surface area contributed by atoms with Crippen LogP contribution in [-0.4, -0.2) is 24.4 Å². The molecule has 0 aromatic rings. The Bertz CT molecular complexity index is 463. The van der Waals surface area contributed by atoms with Crippen LogP contribution in [0, 0.1) is 40.9 Å². The van der Waals surface area contributed by atoms with Crippen molar-refractivity contribution in [2.75, 3.05) is 13.6 Å². The second kappa shape index (κ2) is 5.23. The van der Waals surface area contributed by atoms with E-state index >= 15 is 0 Å². The summed E-state index contributed by atoms with van der Waals surface area (Å²) in [6.45, 7) is 1.07. The highest BCUT2D eigenvalue weighted by Gasteiger charge is 2.51. The van der Waals surface area contributed by atoms with Gasteiger partial charge < -0.3 is 4.90 Å². The van der Waals surface area contributed by atoms with Gasteiger partial charge in [0.25, 0.3) is 0 Å². The number of hydrogen-bond donors (Lipinski definition) is 0. The van der Waals surface area contributed by atoms with Crippen molar-refractivity contribution < 1.29 is 4.79 Å². The molecule has 6 aliphatic rings. The van der Waals surface area contributed by atoms with E-state index < -0.39 is 0 Å². The molecule has 6 rings (SSSR count). The van der Waals surface area contributed by atoms with Crippen LogP contribution in [0.2, 0.25) is 0 Å². The summed E-state index contributed by atoms with van der Waals surface area (Å²) >= 11 is 0. The van der Waals surface area contributed by atoms with Gasteiger partial charge in [-0.1, -0.05) is 6.42 Å². The summed E-state index contributed by atoms with van der Waals surface area (Å²) in [5.41, 5.74) is 0.508. The minimum Gasteiger partial charge on any atom is -0.345 e. The van der Waals surface area contributed by atoms with Crippen molar-refractivity contribution in [2.24, 2.45) is 40.9 Å². The van der Waals surface area contributed by atoms with E-state index in [2.05, 4.69) is 11.9 Å². The number of fused-ring (bicyclic) bond motifs is 2. The third-order valence-corrected chi connectivity index (χ3v) is 8.48. The van der Waals surface area contributed by atoms with Crippen LogP contribution in [-0.2, 0) is 4.79 Å². The maximum atomic E-state index is 12.8. The van der Waals surface area contributed by atoms with Gasteiger partial charge in [-0.05, 0) is 98.7 Å². The molecule has 23 heavy (non-hydrogen) atoms. The highest BCUT2D eigenvalue weighted by atomic mass is 16.2. The van der Waals surface area contributed by atoms with Crippen LogP contribution in [0.15, 0.2) is 0 Å². The summed E-state index contributed by atoms with van der Waals surface area (Å²) < 4.78 is 0. The first-order valence-corrected chi connectivity index (χ1v) is 10.3. The Morgan fingerprint density at radius 1 is 0.913 bits per heavy atom. The van der Waals surface area contributed by atoms with Crippen LogP contribution in [0.25, 0.3) is 0 Å².